The highest BCUT2D eigenvalue weighted by Gasteiger charge is 2.36. The Morgan fingerprint density at radius 1 is 1.22 bits per heavy atom. The number of morpholine rings is 1. The van der Waals surface area contributed by atoms with Crippen molar-refractivity contribution >= 4 is 22.8 Å². The maximum Gasteiger partial charge on any atom is 0.339 e. The monoisotopic (exact) mass is 370 g/mol. The van der Waals surface area contributed by atoms with E-state index in [-0.39, 0.29) is 35.8 Å². The summed E-state index contributed by atoms with van der Waals surface area (Å²) < 4.78 is 11.0. The van der Waals surface area contributed by atoms with E-state index < -0.39 is 5.97 Å². The molecule has 7 heteroatoms. The molecular weight excluding hydrogens is 348 g/mol. The van der Waals surface area contributed by atoms with Gasteiger partial charge in [-0.05, 0) is 18.9 Å². The topological polar surface area (TPSA) is 88.7 Å². The molecule has 1 aliphatic carbocycles. The number of nitrogens with one attached hydrogen (secondary N) is 1. The van der Waals surface area contributed by atoms with Crippen molar-refractivity contribution < 1.29 is 19.1 Å². The van der Waals surface area contributed by atoms with Crippen LogP contribution < -0.4 is 5.56 Å². The Bertz CT molecular complexity index is 920. The molecule has 1 aliphatic heterocycles. The van der Waals surface area contributed by atoms with E-state index in [4.69, 9.17) is 9.47 Å². The van der Waals surface area contributed by atoms with E-state index in [1.165, 1.54) is 6.07 Å². The van der Waals surface area contributed by atoms with Gasteiger partial charge < -0.3 is 19.4 Å². The minimum atomic E-state index is -0.667. The van der Waals surface area contributed by atoms with Crippen LogP contribution in [0.2, 0.25) is 0 Å². The number of hydrogen-bond donors (Lipinski definition) is 1. The van der Waals surface area contributed by atoms with E-state index in [9.17, 15) is 14.4 Å². The predicted octanol–water partition coefficient (Wildman–Crippen LogP) is 1.85. The van der Waals surface area contributed by atoms with Crippen molar-refractivity contribution in [2.24, 2.45) is 0 Å². The van der Waals surface area contributed by atoms with Crippen LogP contribution in [0.25, 0.3) is 10.9 Å². The van der Waals surface area contributed by atoms with E-state index >= 15 is 0 Å². The Balaban J connectivity index is 1.46. The molecular formula is C20H22N2O5. The quantitative estimate of drug-likeness (QED) is 0.833. The third-order valence-electron chi connectivity index (χ3n) is 5.35. The van der Waals surface area contributed by atoms with E-state index in [1.807, 2.05) is 0 Å². The Morgan fingerprint density at radius 2 is 2.04 bits per heavy atom. The Kier molecular flexibility index (Phi) is 4.94. The first-order chi connectivity index (χ1) is 13.1. The van der Waals surface area contributed by atoms with Crippen LogP contribution in [0.15, 0.2) is 35.1 Å². The lowest BCUT2D eigenvalue weighted by atomic mass is 9.90. The number of hydrogen-bond acceptors (Lipinski definition) is 5. The molecule has 2 atom stereocenters. The van der Waals surface area contributed by atoms with Crippen molar-refractivity contribution in [2.75, 3.05) is 19.8 Å². The normalized spacial score (nSPS) is 22.3. The molecule has 1 aromatic heterocycles. The van der Waals surface area contributed by atoms with E-state index in [1.54, 1.807) is 29.2 Å². The number of esters is 1. The summed E-state index contributed by atoms with van der Waals surface area (Å²) in [4.78, 5) is 41.4. The maximum atomic E-state index is 12.6. The zero-order valence-corrected chi connectivity index (χ0v) is 15.0. The Labute approximate surface area is 156 Å². The van der Waals surface area contributed by atoms with Gasteiger partial charge >= 0.3 is 5.97 Å². The number of H-pyrrole nitrogens is 1. The van der Waals surface area contributed by atoms with Crippen molar-refractivity contribution in [3.05, 3.63) is 46.2 Å². The summed E-state index contributed by atoms with van der Waals surface area (Å²) in [5, 5.41) is 0.591. The molecule has 2 fully saturated rings. The molecule has 1 amide bonds. The van der Waals surface area contributed by atoms with Crippen LogP contribution in [0.4, 0.5) is 0 Å². The highest BCUT2D eigenvalue weighted by atomic mass is 16.5. The number of pyridine rings is 1. The largest absolute Gasteiger partial charge is 0.452 e. The molecule has 2 aromatic rings. The fourth-order valence-electron chi connectivity index (χ4n) is 4.07. The highest BCUT2D eigenvalue weighted by Crippen LogP contribution is 2.28. The molecule has 7 nitrogen and oxygen atoms in total. The van der Waals surface area contributed by atoms with Crippen LogP contribution in [0.5, 0.6) is 0 Å². The summed E-state index contributed by atoms with van der Waals surface area (Å²) in [5.74, 6) is -0.878. The number of fused-ring (bicyclic) bond motifs is 2. The van der Waals surface area contributed by atoms with Crippen LogP contribution in [-0.2, 0) is 14.3 Å². The average Bonchev–Trinajstić information content (AvgIpc) is 2.70. The second kappa shape index (κ2) is 7.52. The smallest absolute Gasteiger partial charge is 0.339 e. The van der Waals surface area contributed by atoms with E-state index in [0.29, 0.717) is 24.1 Å². The second-order valence-corrected chi connectivity index (χ2v) is 7.02. The third-order valence-corrected chi connectivity index (χ3v) is 5.35. The number of nitrogens with zero attached hydrogens (tertiary/aromatic N) is 1. The first-order valence-electron chi connectivity index (χ1n) is 9.34. The number of benzene rings is 1. The van der Waals surface area contributed by atoms with Gasteiger partial charge in [0.1, 0.15) is 0 Å². The van der Waals surface area contributed by atoms with Gasteiger partial charge in [0.05, 0.1) is 24.3 Å². The number of para-hydroxylation sites is 1. The molecule has 1 aromatic carbocycles. The SMILES string of the molecule is O=C(OCC(=O)N1CCO[C@H]2CCCC[C@H]21)c1cc(=O)[nH]c2ccccc12. The van der Waals surface area contributed by atoms with Gasteiger partial charge in [0, 0.05) is 23.5 Å². The summed E-state index contributed by atoms with van der Waals surface area (Å²) >= 11 is 0. The number of carbonyl (C=O) groups excluding carboxylic acids is 2. The lowest BCUT2D eigenvalue weighted by Gasteiger charge is -2.43. The molecule has 0 bridgehead atoms. The van der Waals surface area contributed by atoms with Crippen molar-refractivity contribution in [3.8, 4) is 0 Å². The van der Waals surface area contributed by atoms with Crippen molar-refractivity contribution in [3.63, 3.8) is 0 Å². The summed E-state index contributed by atoms with van der Waals surface area (Å²) in [6, 6.07) is 8.28. The molecule has 142 valence electrons. The number of aromatic nitrogens is 1. The van der Waals surface area contributed by atoms with Gasteiger partial charge in [0.25, 0.3) is 5.91 Å². The fraction of sp³-hybridized carbons (Fsp3) is 0.450. The van der Waals surface area contributed by atoms with Gasteiger partial charge in [-0.25, -0.2) is 4.79 Å². The first-order valence-corrected chi connectivity index (χ1v) is 9.34. The van der Waals surface area contributed by atoms with Crippen molar-refractivity contribution in [1.82, 2.24) is 9.88 Å². The van der Waals surface area contributed by atoms with Gasteiger partial charge in [-0.3, -0.25) is 9.59 Å². The van der Waals surface area contributed by atoms with Crippen LogP contribution in [-0.4, -0.2) is 53.7 Å². The lowest BCUT2D eigenvalue weighted by Crippen LogP contribution is -2.55. The van der Waals surface area contributed by atoms with Crippen LogP contribution >= 0.6 is 0 Å². The number of amides is 1. The van der Waals surface area contributed by atoms with Gasteiger partial charge in [-0.15, -0.1) is 0 Å². The maximum absolute atomic E-state index is 12.6. The molecule has 27 heavy (non-hydrogen) atoms. The fourth-order valence-corrected chi connectivity index (χ4v) is 4.07. The van der Waals surface area contributed by atoms with Crippen molar-refractivity contribution in [1.29, 1.82) is 0 Å². The average molecular weight is 370 g/mol. The molecule has 1 saturated carbocycles. The molecule has 4 rings (SSSR count). The molecule has 0 radical (unpaired) electrons. The number of ether oxygens (including phenoxy) is 2. The molecule has 0 spiro atoms. The molecule has 1 N–H and O–H groups in total. The number of carbonyl (C=O) groups is 2. The van der Waals surface area contributed by atoms with E-state index in [2.05, 4.69) is 4.98 Å². The standard InChI is InChI=1S/C20H22N2O5/c23-18-11-14(13-5-1-2-6-15(13)21-18)20(25)27-12-19(24)22-9-10-26-17-8-4-3-7-16(17)22/h1-2,5-6,11,16-17H,3-4,7-10,12H2,(H,21,23)/t16-,17+/m1/s1. The second-order valence-electron chi connectivity index (χ2n) is 7.02. The predicted molar refractivity (Wildman–Crippen MR) is 98.6 cm³/mol. The summed E-state index contributed by atoms with van der Waals surface area (Å²) in [6.45, 7) is 0.703. The third kappa shape index (κ3) is 3.60. The molecule has 0 unspecified atom stereocenters. The summed E-state index contributed by atoms with van der Waals surface area (Å²) in [5.41, 5.74) is 0.339. The van der Waals surface area contributed by atoms with Crippen LogP contribution in [0.1, 0.15) is 36.0 Å². The minimum Gasteiger partial charge on any atom is -0.452 e. The van der Waals surface area contributed by atoms with Gasteiger partial charge in [0.15, 0.2) is 6.61 Å². The molecule has 2 heterocycles. The van der Waals surface area contributed by atoms with Gasteiger partial charge in [0.2, 0.25) is 5.56 Å². The van der Waals surface area contributed by atoms with Gasteiger partial charge in [-0.1, -0.05) is 31.0 Å². The number of rotatable bonds is 3. The Morgan fingerprint density at radius 3 is 2.93 bits per heavy atom. The molecule has 1 saturated heterocycles. The summed E-state index contributed by atoms with van der Waals surface area (Å²) in [7, 11) is 0. The lowest BCUT2D eigenvalue weighted by molar-refractivity contribution is -0.152. The van der Waals surface area contributed by atoms with Gasteiger partial charge in [-0.2, -0.15) is 0 Å². The number of aromatic amines is 1. The molecule has 2 aliphatic rings. The van der Waals surface area contributed by atoms with Crippen LogP contribution in [0, 0.1) is 0 Å². The zero-order valence-electron chi connectivity index (χ0n) is 15.0. The minimum absolute atomic E-state index is 0.0686. The Hall–Kier alpha value is -2.67. The summed E-state index contributed by atoms with van der Waals surface area (Å²) in [6.07, 6.45) is 4.17. The van der Waals surface area contributed by atoms with Crippen molar-refractivity contribution in [2.45, 2.75) is 37.8 Å². The van der Waals surface area contributed by atoms with Crippen LogP contribution in [0.3, 0.4) is 0 Å². The highest BCUT2D eigenvalue weighted by molar-refractivity contribution is 6.03. The first kappa shape index (κ1) is 17.7. The van der Waals surface area contributed by atoms with E-state index in [0.717, 1.165) is 25.7 Å². The zero-order chi connectivity index (χ0) is 18.8.